The van der Waals surface area contributed by atoms with Crippen molar-refractivity contribution in [3.05, 3.63) is 94.0 Å². The smallest absolute Gasteiger partial charge is 0.264 e. The molecule has 5 nitrogen and oxygen atoms in total. The van der Waals surface area contributed by atoms with Crippen LogP contribution >= 0.6 is 35.0 Å². The predicted octanol–water partition coefficient (Wildman–Crippen LogP) is 5.80. The van der Waals surface area contributed by atoms with Gasteiger partial charge in [-0.05, 0) is 47.9 Å². The second kappa shape index (κ2) is 12.5. The normalized spacial score (nSPS) is 11.3. The first-order valence-electron chi connectivity index (χ1n) is 10.8. The van der Waals surface area contributed by atoms with E-state index in [2.05, 4.69) is 5.32 Å². The Hall–Kier alpha value is -2.19. The van der Waals surface area contributed by atoms with E-state index < -0.39 is 10.0 Å². The highest BCUT2D eigenvalue weighted by atomic mass is 35.5. The summed E-state index contributed by atoms with van der Waals surface area (Å²) in [5.74, 6) is 0.874. The highest BCUT2D eigenvalue weighted by molar-refractivity contribution is 7.98. The highest BCUT2D eigenvalue weighted by Gasteiger charge is 2.28. The highest BCUT2D eigenvalue weighted by Crippen LogP contribution is 2.29. The van der Waals surface area contributed by atoms with Crippen molar-refractivity contribution in [3.8, 4) is 0 Å². The zero-order valence-electron chi connectivity index (χ0n) is 18.7. The van der Waals surface area contributed by atoms with Gasteiger partial charge in [0.2, 0.25) is 5.91 Å². The van der Waals surface area contributed by atoms with Crippen LogP contribution in [0.25, 0.3) is 0 Å². The number of nitrogens with one attached hydrogen (secondary N) is 1. The molecular weight excluding hydrogens is 511 g/mol. The molecule has 3 aromatic carbocycles. The molecule has 0 aliphatic heterocycles. The zero-order valence-corrected chi connectivity index (χ0v) is 21.9. The number of anilines is 1. The third kappa shape index (κ3) is 6.69. The molecule has 0 radical (unpaired) electrons. The summed E-state index contributed by atoms with van der Waals surface area (Å²) in [6.45, 7) is 2.03. The average Bonchev–Trinajstić information content (AvgIpc) is 2.84. The van der Waals surface area contributed by atoms with Crippen molar-refractivity contribution in [3.63, 3.8) is 0 Å². The van der Waals surface area contributed by atoms with Crippen molar-refractivity contribution in [2.24, 2.45) is 0 Å². The van der Waals surface area contributed by atoms with Crippen LogP contribution < -0.4 is 9.62 Å². The number of amides is 1. The first kappa shape index (κ1) is 26.4. The van der Waals surface area contributed by atoms with Gasteiger partial charge in [-0.1, -0.05) is 72.6 Å². The SMILES string of the molecule is CCc1ccccc1N(CC(=O)NCCSCc1c(Cl)cccc1Cl)S(=O)(=O)c1ccccc1. The molecule has 180 valence electrons. The van der Waals surface area contributed by atoms with Crippen LogP contribution in [-0.4, -0.2) is 33.2 Å². The topological polar surface area (TPSA) is 66.5 Å². The molecular formula is C25H26Cl2N2O3S2. The van der Waals surface area contributed by atoms with Crippen LogP contribution in [0, 0.1) is 0 Å². The molecule has 3 rings (SSSR count). The van der Waals surface area contributed by atoms with Gasteiger partial charge < -0.3 is 5.32 Å². The minimum absolute atomic E-state index is 0.140. The number of hydrogen-bond donors (Lipinski definition) is 1. The molecule has 0 saturated heterocycles. The van der Waals surface area contributed by atoms with Gasteiger partial charge in [0.15, 0.2) is 0 Å². The number of nitrogens with zero attached hydrogens (tertiary/aromatic N) is 1. The van der Waals surface area contributed by atoms with Crippen molar-refractivity contribution in [2.75, 3.05) is 23.1 Å². The van der Waals surface area contributed by atoms with E-state index in [1.54, 1.807) is 60.3 Å². The van der Waals surface area contributed by atoms with Crippen LogP contribution in [0.15, 0.2) is 77.7 Å². The third-order valence-corrected chi connectivity index (χ3v) is 8.60. The lowest BCUT2D eigenvalue weighted by molar-refractivity contribution is -0.119. The number of aryl methyl sites for hydroxylation is 1. The third-order valence-electron chi connectivity index (χ3n) is 5.14. The maximum atomic E-state index is 13.5. The number of para-hydroxylation sites is 1. The van der Waals surface area contributed by atoms with Gasteiger partial charge in [0.1, 0.15) is 6.54 Å². The molecule has 0 atom stereocenters. The summed E-state index contributed by atoms with van der Waals surface area (Å²) >= 11 is 14.0. The Balaban J connectivity index is 1.67. The van der Waals surface area contributed by atoms with Crippen LogP contribution in [0.1, 0.15) is 18.1 Å². The largest absolute Gasteiger partial charge is 0.354 e. The number of hydrogen-bond acceptors (Lipinski definition) is 4. The Morgan fingerprint density at radius 1 is 0.941 bits per heavy atom. The molecule has 1 amide bonds. The average molecular weight is 538 g/mol. The van der Waals surface area contributed by atoms with E-state index in [4.69, 9.17) is 23.2 Å². The van der Waals surface area contributed by atoms with Gasteiger partial charge in [-0.2, -0.15) is 11.8 Å². The fourth-order valence-electron chi connectivity index (χ4n) is 3.37. The number of benzene rings is 3. The van der Waals surface area contributed by atoms with Gasteiger partial charge >= 0.3 is 0 Å². The summed E-state index contributed by atoms with van der Waals surface area (Å²) in [4.78, 5) is 12.9. The van der Waals surface area contributed by atoms with E-state index >= 15 is 0 Å². The lowest BCUT2D eigenvalue weighted by atomic mass is 10.1. The van der Waals surface area contributed by atoms with E-state index in [-0.39, 0.29) is 17.3 Å². The molecule has 9 heteroatoms. The van der Waals surface area contributed by atoms with E-state index in [1.807, 2.05) is 19.1 Å². The molecule has 3 aromatic rings. The molecule has 0 fully saturated rings. The molecule has 0 aliphatic rings. The summed E-state index contributed by atoms with van der Waals surface area (Å²) in [6.07, 6.45) is 0.639. The van der Waals surface area contributed by atoms with Gasteiger partial charge in [-0.15, -0.1) is 0 Å². The minimum atomic E-state index is -3.92. The summed E-state index contributed by atoms with van der Waals surface area (Å²) in [7, 11) is -3.92. The van der Waals surface area contributed by atoms with Crippen LogP contribution in [0.5, 0.6) is 0 Å². The van der Waals surface area contributed by atoms with Crippen LogP contribution in [0.3, 0.4) is 0 Å². The maximum Gasteiger partial charge on any atom is 0.264 e. The summed E-state index contributed by atoms with van der Waals surface area (Å²) in [5, 5.41) is 4.05. The maximum absolute atomic E-state index is 13.5. The van der Waals surface area contributed by atoms with Crippen molar-refractivity contribution in [1.82, 2.24) is 5.32 Å². The molecule has 0 saturated carbocycles. The van der Waals surface area contributed by atoms with Gasteiger partial charge in [0.25, 0.3) is 10.0 Å². The molecule has 1 N–H and O–H groups in total. The van der Waals surface area contributed by atoms with Crippen molar-refractivity contribution in [2.45, 2.75) is 24.0 Å². The summed E-state index contributed by atoms with van der Waals surface area (Å²) in [5.41, 5.74) is 2.21. The van der Waals surface area contributed by atoms with Crippen molar-refractivity contribution in [1.29, 1.82) is 0 Å². The lowest BCUT2D eigenvalue weighted by Crippen LogP contribution is -2.41. The van der Waals surface area contributed by atoms with E-state index in [1.165, 1.54) is 16.4 Å². The molecule has 0 spiro atoms. The Labute approximate surface area is 215 Å². The first-order valence-corrected chi connectivity index (χ1v) is 14.1. The van der Waals surface area contributed by atoms with Crippen LogP contribution in [-0.2, 0) is 27.0 Å². The van der Waals surface area contributed by atoms with E-state index in [0.29, 0.717) is 40.2 Å². The number of carbonyl (C=O) groups excluding carboxylic acids is 1. The van der Waals surface area contributed by atoms with E-state index in [0.717, 1.165) is 11.1 Å². The fourth-order valence-corrected chi connectivity index (χ4v) is 6.44. The fraction of sp³-hybridized carbons (Fsp3) is 0.240. The van der Waals surface area contributed by atoms with Crippen LogP contribution in [0.4, 0.5) is 5.69 Å². The first-order chi connectivity index (χ1) is 16.3. The number of halogens is 2. The minimum Gasteiger partial charge on any atom is -0.354 e. The van der Waals surface area contributed by atoms with Gasteiger partial charge in [0, 0.05) is 28.1 Å². The predicted molar refractivity (Wildman–Crippen MR) is 142 cm³/mol. The molecule has 0 heterocycles. The number of carbonyl (C=O) groups is 1. The number of sulfonamides is 1. The van der Waals surface area contributed by atoms with E-state index in [9.17, 15) is 13.2 Å². The molecule has 0 aromatic heterocycles. The summed E-state index contributed by atoms with van der Waals surface area (Å²) < 4.78 is 28.1. The zero-order chi connectivity index (χ0) is 24.6. The van der Waals surface area contributed by atoms with Gasteiger partial charge in [-0.3, -0.25) is 9.10 Å². The Morgan fingerprint density at radius 2 is 1.59 bits per heavy atom. The van der Waals surface area contributed by atoms with Crippen molar-refractivity contribution >= 4 is 56.6 Å². The molecule has 0 aliphatic carbocycles. The quantitative estimate of drug-likeness (QED) is 0.314. The monoisotopic (exact) mass is 536 g/mol. The number of thioether (sulfide) groups is 1. The van der Waals surface area contributed by atoms with Crippen molar-refractivity contribution < 1.29 is 13.2 Å². The molecule has 34 heavy (non-hydrogen) atoms. The second-order valence-electron chi connectivity index (χ2n) is 7.41. The lowest BCUT2D eigenvalue weighted by Gasteiger charge is -2.26. The Bertz CT molecular complexity index is 1200. The standard InChI is InChI=1S/C25H26Cl2N2O3S2/c1-2-19-9-6-7-14-24(19)29(34(31,32)20-10-4-3-5-11-20)17-25(30)28-15-16-33-18-21-22(26)12-8-13-23(21)27/h3-14H,2,15-18H2,1H3,(H,28,30). The second-order valence-corrected chi connectivity index (χ2v) is 11.2. The number of rotatable bonds is 11. The Kier molecular flexibility index (Phi) is 9.71. The summed E-state index contributed by atoms with van der Waals surface area (Å²) in [6, 6.07) is 20.8. The van der Waals surface area contributed by atoms with Gasteiger partial charge in [0.05, 0.1) is 10.6 Å². The molecule has 0 unspecified atom stereocenters. The Morgan fingerprint density at radius 3 is 2.26 bits per heavy atom. The molecule has 0 bridgehead atoms. The van der Waals surface area contributed by atoms with Crippen LogP contribution in [0.2, 0.25) is 10.0 Å². The van der Waals surface area contributed by atoms with Gasteiger partial charge in [-0.25, -0.2) is 8.42 Å².